The Hall–Kier alpha value is -1.68. The largest absolute Gasteiger partial charge is 0.373 e. The summed E-state index contributed by atoms with van der Waals surface area (Å²) in [4.78, 5) is 25.3. The van der Waals surface area contributed by atoms with Crippen molar-refractivity contribution in [1.82, 2.24) is 4.90 Å². The third-order valence-corrected chi connectivity index (χ3v) is 3.19. The van der Waals surface area contributed by atoms with E-state index in [-0.39, 0.29) is 11.8 Å². The molecule has 3 rings (SSSR count). The van der Waals surface area contributed by atoms with Crippen molar-refractivity contribution in [2.24, 2.45) is 0 Å². The van der Waals surface area contributed by atoms with Crippen LogP contribution in [-0.2, 0) is 4.74 Å². The topological polar surface area (TPSA) is 49.9 Å². The lowest BCUT2D eigenvalue weighted by Gasteiger charge is -2.12. The Balaban J connectivity index is 1.70. The molecule has 0 aliphatic carbocycles. The number of fused-ring (bicyclic) bond motifs is 1. The summed E-state index contributed by atoms with van der Waals surface area (Å²) in [6.07, 6.45) is 2.09. The van der Waals surface area contributed by atoms with Crippen LogP contribution in [0.2, 0.25) is 0 Å². The quantitative estimate of drug-likeness (QED) is 0.582. The molecular weight excluding hydrogens is 218 g/mol. The van der Waals surface area contributed by atoms with Crippen LogP contribution in [-0.4, -0.2) is 36.0 Å². The predicted octanol–water partition coefficient (Wildman–Crippen LogP) is 1.46. The second-order valence-electron chi connectivity index (χ2n) is 4.41. The molecule has 1 fully saturated rings. The molecule has 88 valence electrons. The van der Waals surface area contributed by atoms with Gasteiger partial charge in [-0.3, -0.25) is 14.5 Å². The molecule has 2 aliphatic heterocycles. The zero-order valence-electron chi connectivity index (χ0n) is 9.39. The summed E-state index contributed by atoms with van der Waals surface area (Å²) in [5, 5.41) is 0. The van der Waals surface area contributed by atoms with Crippen molar-refractivity contribution in [2.75, 3.05) is 13.2 Å². The summed E-state index contributed by atoms with van der Waals surface area (Å²) in [6.45, 7) is 1.31. The van der Waals surface area contributed by atoms with Crippen LogP contribution in [0, 0.1) is 0 Å². The van der Waals surface area contributed by atoms with Gasteiger partial charge < -0.3 is 4.74 Å². The molecule has 0 radical (unpaired) electrons. The van der Waals surface area contributed by atoms with E-state index in [1.54, 1.807) is 24.3 Å². The first-order valence-corrected chi connectivity index (χ1v) is 5.84. The van der Waals surface area contributed by atoms with E-state index in [1.807, 2.05) is 0 Å². The third-order valence-electron chi connectivity index (χ3n) is 3.19. The van der Waals surface area contributed by atoms with Crippen molar-refractivity contribution in [1.29, 1.82) is 0 Å². The van der Waals surface area contributed by atoms with E-state index in [0.29, 0.717) is 23.8 Å². The average molecular weight is 231 g/mol. The smallest absolute Gasteiger partial charge is 0.261 e. The molecule has 2 heterocycles. The Morgan fingerprint density at radius 1 is 1.18 bits per heavy atom. The van der Waals surface area contributed by atoms with Gasteiger partial charge in [-0.25, -0.2) is 0 Å². The standard InChI is InChI=1S/C13H13NO3/c15-12-10-5-1-2-6-11(10)13(16)14(12)7-3-4-9-8-17-9/h1-2,5-6,9H,3-4,7-8H2/t9-/m1/s1. The van der Waals surface area contributed by atoms with Gasteiger partial charge in [0.05, 0.1) is 23.8 Å². The van der Waals surface area contributed by atoms with E-state index in [0.717, 1.165) is 19.4 Å². The van der Waals surface area contributed by atoms with E-state index < -0.39 is 0 Å². The average Bonchev–Trinajstić information content (AvgIpc) is 3.13. The molecule has 4 heteroatoms. The molecule has 0 spiro atoms. The number of carbonyl (C=O) groups excluding carboxylic acids is 2. The second kappa shape index (κ2) is 3.96. The van der Waals surface area contributed by atoms with Crippen molar-refractivity contribution in [3.05, 3.63) is 35.4 Å². The van der Waals surface area contributed by atoms with E-state index in [9.17, 15) is 9.59 Å². The van der Waals surface area contributed by atoms with Crippen LogP contribution in [0.5, 0.6) is 0 Å². The van der Waals surface area contributed by atoms with Gasteiger partial charge in [0.25, 0.3) is 11.8 Å². The minimum atomic E-state index is -0.165. The van der Waals surface area contributed by atoms with Crippen molar-refractivity contribution in [3.8, 4) is 0 Å². The lowest BCUT2D eigenvalue weighted by molar-refractivity contribution is 0.0650. The Kier molecular flexibility index (Phi) is 2.44. The van der Waals surface area contributed by atoms with Crippen LogP contribution in [0.3, 0.4) is 0 Å². The summed E-state index contributed by atoms with van der Waals surface area (Å²) < 4.78 is 5.10. The van der Waals surface area contributed by atoms with Gasteiger partial charge in [0.1, 0.15) is 0 Å². The van der Waals surface area contributed by atoms with Crippen LogP contribution < -0.4 is 0 Å². The molecule has 17 heavy (non-hydrogen) atoms. The molecular formula is C13H13NO3. The lowest BCUT2D eigenvalue weighted by Crippen LogP contribution is -2.30. The number of amides is 2. The monoisotopic (exact) mass is 231 g/mol. The highest BCUT2D eigenvalue weighted by Gasteiger charge is 2.34. The zero-order chi connectivity index (χ0) is 11.8. The van der Waals surface area contributed by atoms with Crippen molar-refractivity contribution < 1.29 is 14.3 Å². The number of hydrogen-bond acceptors (Lipinski definition) is 3. The van der Waals surface area contributed by atoms with E-state index in [1.165, 1.54) is 4.90 Å². The zero-order valence-corrected chi connectivity index (χ0v) is 9.39. The maximum atomic E-state index is 12.0. The fraction of sp³-hybridized carbons (Fsp3) is 0.385. The van der Waals surface area contributed by atoms with Crippen LogP contribution in [0.25, 0.3) is 0 Å². The molecule has 1 saturated heterocycles. The number of imide groups is 1. The highest BCUT2D eigenvalue weighted by Crippen LogP contribution is 2.23. The van der Waals surface area contributed by atoms with E-state index >= 15 is 0 Å². The summed E-state index contributed by atoms with van der Waals surface area (Å²) in [6, 6.07) is 6.98. The summed E-state index contributed by atoms with van der Waals surface area (Å²) in [5.41, 5.74) is 1.06. The minimum Gasteiger partial charge on any atom is -0.373 e. The van der Waals surface area contributed by atoms with Crippen LogP contribution in [0.1, 0.15) is 33.6 Å². The summed E-state index contributed by atoms with van der Waals surface area (Å²) in [5.74, 6) is -0.329. The number of carbonyl (C=O) groups is 2. The molecule has 1 atom stereocenters. The van der Waals surface area contributed by atoms with Gasteiger partial charge in [-0.2, -0.15) is 0 Å². The van der Waals surface area contributed by atoms with Gasteiger partial charge in [0, 0.05) is 6.54 Å². The molecule has 0 N–H and O–H groups in total. The Morgan fingerprint density at radius 2 is 1.76 bits per heavy atom. The number of hydrogen-bond donors (Lipinski definition) is 0. The third kappa shape index (κ3) is 1.85. The molecule has 0 bridgehead atoms. The highest BCUT2D eigenvalue weighted by molar-refractivity contribution is 6.21. The molecule has 0 unspecified atom stereocenters. The van der Waals surface area contributed by atoms with Gasteiger partial charge in [0.15, 0.2) is 0 Å². The number of epoxide rings is 1. The molecule has 4 nitrogen and oxygen atoms in total. The Bertz CT molecular complexity index is 444. The van der Waals surface area contributed by atoms with Crippen molar-refractivity contribution >= 4 is 11.8 Å². The van der Waals surface area contributed by atoms with Gasteiger partial charge in [-0.1, -0.05) is 12.1 Å². The SMILES string of the molecule is O=C1c2ccccc2C(=O)N1CCC[C@@H]1CO1. The first-order chi connectivity index (χ1) is 8.27. The maximum absolute atomic E-state index is 12.0. The van der Waals surface area contributed by atoms with Gasteiger partial charge in [-0.15, -0.1) is 0 Å². The Labute approximate surface area is 99.2 Å². The van der Waals surface area contributed by atoms with Crippen LogP contribution >= 0.6 is 0 Å². The van der Waals surface area contributed by atoms with E-state index in [2.05, 4.69) is 0 Å². The van der Waals surface area contributed by atoms with Gasteiger partial charge >= 0.3 is 0 Å². The molecule has 0 aromatic heterocycles. The molecule has 1 aromatic rings. The van der Waals surface area contributed by atoms with Crippen LogP contribution in [0.4, 0.5) is 0 Å². The first-order valence-electron chi connectivity index (χ1n) is 5.84. The molecule has 2 amide bonds. The second-order valence-corrected chi connectivity index (χ2v) is 4.41. The number of rotatable bonds is 4. The molecule has 1 aromatic carbocycles. The van der Waals surface area contributed by atoms with Crippen LogP contribution in [0.15, 0.2) is 24.3 Å². The predicted molar refractivity (Wildman–Crippen MR) is 60.8 cm³/mol. The fourth-order valence-electron chi connectivity index (χ4n) is 2.15. The maximum Gasteiger partial charge on any atom is 0.261 e. The number of ether oxygens (including phenoxy) is 1. The summed E-state index contributed by atoms with van der Waals surface area (Å²) in [7, 11) is 0. The van der Waals surface area contributed by atoms with Crippen molar-refractivity contribution in [3.63, 3.8) is 0 Å². The van der Waals surface area contributed by atoms with E-state index in [4.69, 9.17) is 4.74 Å². The number of benzene rings is 1. The summed E-state index contributed by atoms with van der Waals surface area (Å²) >= 11 is 0. The first kappa shape index (κ1) is 10.5. The normalized spacial score (nSPS) is 21.9. The highest BCUT2D eigenvalue weighted by atomic mass is 16.6. The Morgan fingerprint density at radius 3 is 2.29 bits per heavy atom. The number of nitrogens with zero attached hydrogens (tertiary/aromatic N) is 1. The molecule has 2 aliphatic rings. The lowest BCUT2D eigenvalue weighted by atomic mass is 10.1. The van der Waals surface area contributed by atoms with Gasteiger partial charge in [-0.05, 0) is 25.0 Å². The fourth-order valence-corrected chi connectivity index (χ4v) is 2.15. The minimum absolute atomic E-state index is 0.165. The van der Waals surface area contributed by atoms with Crippen molar-refractivity contribution in [2.45, 2.75) is 18.9 Å². The van der Waals surface area contributed by atoms with Gasteiger partial charge in [0.2, 0.25) is 0 Å². The molecule has 0 saturated carbocycles.